The number of benzene rings is 2. The molecule has 1 saturated carbocycles. The molecule has 1 amide bonds. The van der Waals surface area contributed by atoms with Crippen LogP contribution in [0.2, 0.25) is 0 Å². The minimum atomic E-state index is -0.836. The lowest BCUT2D eigenvalue weighted by molar-refractivity contribution is -0.142. The summed E-state index contributed by atoms with van der Waals surface area (Å²) in [6, 6.07) is 12.4. The largest absolute Gasteiger partial charge is 0.481 e. The van der Waals surface area contributed by atoms with Crippen LogP contribution in [0, 0.1) is 31.6 Å². The molecule has 150 valence electrons. The second-order valence-electron chi connectivity index (χ2n) is 8.33. The molecule has 2 atom stereocenters. The lowest BCUT2D eigenvalue weighted by Gasteiger charge is -2.18. The highest BCUT2D eigenvalue weighted by Gasteiger charge is 2.47. The second-order valence-corrected chi connectivity index (χ2v) is 8.33. The van der Waals surface area contributed by atoms with Gasteiger partial charge >= 0.3 is 5.97 Å². The molecule has 2 aromatic carbocycles. The van der Waals surface area contributed by atoms with Gasteiger partial charge in [-0.3, -0.25) is 14.4 Å². The number of aryl methyl sites for hydroxylation is 2. The Kier molecular flexibility index (Phi) is 4.99. The zero-order chi connectivity index (χ0) is 20.7. The van der Waals surface area contributed by atoms with Crippen LogP contribution in [-0.2, 0) is 4.79 Å². The van der Waals surface area contributed by atoms with Gasteiger partial charge in [-0.1, -0.05) is 30.3 Å². The van der Waals surface area contributed by atoms with Crippen molar-refractivity contribution in [2.75, 3.05) is 13.1 Å². The van der Waals surface area contributed by atoms with Crippen molar-refractivity contribution in [3.05, 3.63) is 70.3 Å². The molecule has 0 radical (unpaired) electrons. The third kappa shape index (κ3) is 3.69. The number of amides is 1. The molecule has 2 fully saturated rings. The molecule has 0 aromatic heterocycles. The molecular formula is C24H25NO4. The highest BCUT2D eigenvalue weighted by molar-refractivity contribution is 6.15. The summed E-state index contributed by atoms with van der Waals surface area (Å²) in [6.45, 7) is 4.61. The van der Waals surface area contributed by atoms with Crippen LogP contribution in [0.3, 0.4) is 0 Å². The highest BCUT2D eigenvalue weighted by Crippen LogP contribution is 2.44. The van der Waals surface area contributed by atoms with Crippen molar-refractivity contribution in [1.82, 2.24) is 4.90 Å². The van der Waals surface area contributed by atoms with Gasteiger partial charge < -0.3 is 10.0 Å². The Balaban J connectivity index is 1.62. The van der Waals surface area contributed by atoms with Crippen molar-refractivity contribution < 1.29 is 19.5 Å². The number of carboxylic acids is 1. The predicted octanol–water partition coefficient (Wildman–Crippen LogP) is 3.72. The fourth-order valence-electron chi connectivity index (χ4n) is 4.33. The van der Waals surface area contributed by atoms with Crippen molar-refractivity contribution in [3.63, 3.8) is 0 Å². The monoisotopic (exact) mass is 391 g/mol. The van der Waals surface area contributed by atoms with Crippen LogP contribution in [0.1, 0.15) is 50.2 Å². The topological polar surface area (TPSA) is 74.7 Å². The maximum Gasteiger partial charge on any atom is 0.308 e. The summed E-state index contributed by atoms with van der Waals surface area (Å²) in [6.07, 6.45) is 2.08. The fraction of sp³-hybridized carbons (Fsp3) is 0.375. The van der Waals surface area contributed by atoms with E-state index in [0.29, 0.717) is 29.2 Å². The Morgan fingerprint density at radius 3 is 2.24 bits per heavy atom. The first-order valence-corrected chi connectivity index (χ1v) is 10.1. The number of hydrogen-bond acceptors (Lipinski definition) is 3. The first kappa shape index (κ1) is 19.4. The smallest absolute Gasteiger partial charge is 0.308 e. The fourth-order valence-corrected chi connectivity index (χ4v) is 4.33. The van der Waals surface area contributed by atoms with E-state index < -0.39 is 11.9 Å². The maximum atomic E-state index is 13.3. The Morgan fingerprint density at radius 2 is 1.62 bits per heavy atom. The summed E-state index contributed by atoms with van der Waals surface area (Å²) >= 11 is 0. The Bertz CT molecular complexity index is 992. The molecule has 29 heavy (non-hydrogen) atoms. The van der Waals surface area contributed by atoms with Crippen LogP contribution in [0.25, 0.3) is 0 Å². The number of carbonyl (C=O) groups excluding carboxylic acids is 2. The zero-order valence-corrected chi connectivity index (χ0v) is 16.7. The first-order valence-electron chi connectivity index (χ1n) is 10.1. The van der Waals surface area contributed by atoms with Crippen LogP contribution in [-0.4, -0.2) is 40.8 Å². The molecule has 1 aliphatic heterocycles. The number of nitrogens with zero attached hydrogens (tertiary/aromatic N) is 1. The molecule has 1 saturated heterocycles. The van der Waals surface area contributed by atoms with Crippen LogP contribution in [0.15, 0.2) is 42.5 Å². The van der Waals surface area contributed by atoms with Crippen molar-refractivity contribution in [2.24, 2.45) is 17.8 Å². The normalized spacial score (nSPS) is 21.2. The average molecular weight is 391 g/mol. The van der Waals surface area contributed by atoms with E-state index in [-0.39, 0.29) is 24.2 Å². The molecule has 5 heteroatoms. The molecule has 0 unspecified atom stereocenters. The number of carboxylic acid groups (broad SMARTS) is 1. The summed E-state index contributed by atoms with van der Waals surface area (Å²) in [5.41, 5.74) is 3.39. The van der Waals surface area contributed by atoms with Gasteiger partial charge in [0.2, 0.25) is 0 Å². The molecular weight excluding hydrogens is 366 g/mol. The number of rotatable bonds is 5. The van der Waals surface area contributed by atoms with E-state index in [1.165, 1.54) is 0 Å². The molecule has 1 N–H and O–H groups in total. The van der Waals surface area contributed by atoms with Crippen LogP contribution in [0.5, 0.6) is 0 Å². The van der Waals surface area contributed by atoms with Crippen LogP contribution >= 0.6 is 0 Å². The van der Waals surface area contributed by atoms with E-state index in [9.17, 15) is 19.5 Å². The van der Waals surface area contributed by atoms with Crippen LogP contribution in [0.4, 0.5) is 0 Å². The SMILES string of the molecule is Cc1ccc(C(=O)c2ccccc2C(=O)N2C[C@H](C(=O)O)[C@@H](C3CC3)C2)cc1C. The van der Waals surface area contributed by atoms with Gasteiger partial charge in [-0.2, -0.15) is 0 Å². The highest BCUT2D eigenvalue weighted by atomic mass is 16.4. The summed E-state index contributed by atoms with van der Waals surface area (Å²) < 4.78 is 0. The number of aliphatic carboxylic acids is 1. The number of likely N-dealkylation sites (tertiary alicyclic amines) is 1. The second kappa shape index (κ2) is 7.47. The van der Waals surface area contributed by atoms with E-state index in [2.05, 4.69) is 0 Å². The van der Waals surface area contributed by atoms with Gasteiger partial charge in [0.25, 0.3) is 5.91 Å². The van der Waals surface area contributed by atoms with Gasteiger partial charge in [0.15, 0.2) is 5.78 Å². The summed E-state index contributed by atoms with van der Waals surface area (Å²) in [4.78, 5) is 39.7. The third-order valence-corrected chi connectivity index (χ3v) is 6.37. The quantitative estimate of drug-likeness (QED) is 0.789. The minimum Gasteiger partial charge on any atom is -0.481 e. The van der Waals surface area contributed by atoms with Gasteiger partial charge in [0.05, 0.1) is 11.5 Å². The summed E-state index contributed by atoms with van der Waals surface area (Å²) in [5.74, 6) is -1.39. The Labute approximate surface area is 170 Å². The summed E-state index contributed by atoms with van der Waals surface area (Å²) in [7, 11) is 0. The lowest BCUT2D eigenvalue weighted by atomic mass is 9.92. The van der Waals surface area contributed by atoms with Gasteiger partial charge in [-0.25, -0.2) is 0 Å². The average Bonchev–Trinajstić information content (AvgIpc) is 3.46. The van der Waals surface area contributed by atoms with E-state index in [1.807, 2.05) is 26.0 Å². The molecule has 1 aliphatic carbocycles. The number of carbonyl (C=O) groups is 3. The maximum absolute atomic E-state index is 13.3. The Hall–Kier alpha value is -2.95. The van der Waals surface area contributed by atoms with E-state index in [0.717, 1.165) is 24.0 Å². The van der Waals surface area contributed by atoms with Gasteiger partial charge in [0.1, 0.15) is 0 Å². The van der Waals surface area contributed by atoms with Gasteiger partial charge in [0, 0.05) is 24.2 Å². The predicted molar refractivity (Wildman–Crippen MR) is 109 cm³/mol. The van der Waals surface area contributed by atoms with E-state index in [4.69, 9.17) is 0 Å². The number of hydrogen-bond donors (Lipinski definition) is 1. The van der Waals surface area contributed by atoms with Crippen LogP contribution < -0.4 is 0 Å². The zero-order valence-electron chi connectivity index (χ0n) is 16.7. The molecule has 2 aromatic rings. The summed E-state index contributed by atoms with van der Waals surface area (Å²) in [5, 5.41) is 9.58. The van der Waals surface area contributed by atoms with Gasteiger partial charge in [-0.05, 0) is 61.8 Å². The minimum absolute atomic E-state index is 0.0130. The van der Waals surface area contributed by atoms with Crippen molar-refractivity contribution in [1.29, 1.82) is 0 Å². The molecule has 4 rings (SSSR count). The Morgan fingerprint density at radius 1 is 0.931 bits per heavy atom. The van der Waals surface area contributed by atoms with E-state index >= 15 is 0 Å². The first-order chi connectivity index (χ1) is 13.9. The number of ketones is 1. The molecule has 1 heterocycles. The molecule has 0 bridgehead atoms. The molecule has 5 nitrogen and oxygen atoms in total. The third-order valence-electron chi connectivity index (χ3n) is 6.37. The van der Waals surface area contributed by atoms with Gasteiger partial charge in [-0.15, -0.1) is 0 Å². The standard InChI is InChI=1S/C24H25NO4/c1-14-7-8-17(11-15(14)2)22(26)18-5-3-4-6-19(18)23(27)25-12-20(16-9-10-16)21(13-25)24(28)29/h3-8,11,16,20-21H,9-10,12-13H2,1-2H3,(H,28,29)/t20-,21+/m1/s1. The van der Waals surface area contributed by atoms with Crippen molar-refractivity contribution in [2.45, 2.75) is 26.7 Å². The lowest BCUT2D eigenvalue weighted by Crippen LogP contribution is -2.31. The molecule has 2 aliphatic rings. The molecule has 0 spiro atoms. The van der Waals surface area contributed by atoms with E-state index in [1.54, 1.807) is 35.2 Å². The van der Waals surface area contributed by atoms with Crippen molar-refractivity contribution >= 4 is 17.7 Å². The van der Waals surface area contributed by atoms with Crippen molar-refractivity contribution in [3.8, 4) is 0 Å².